The molecule has 2 aromatic rings. The molecule has 0 saturated heterocycles. The molecule has 1 unspecified atom stereocenters. The average molecular weight is 383 g/mol. The SMILES string of the molecule is CCNC(=O)NC(=O)COC(=O)C(NC(=O)c1ccccc1)c1ccccc1. The molecule has 0 aliphatic carbocycles. The van der Waals surface area contributed by atoms with Crippen LogP contribution in [0, 0.1) is 0 Å². The summed E-state index contributed by atoms with van der Waals surface area (Å²) in [6.45, 7) is 1.39. The lowest BCUT2D eigenvalue weighted by Crippen LogP contribution is -2.42. The Morgan fingerprint density at radius 2 is 1.54 bits per heavy atom. The first kappa shape index (κ1) is 20.6. The smallest absolute Gasteiger partial charge is 0.333 e. The number of hydrogen-bond acceptors (Lipinski definition) is 5. The fourth-order valence-corrected chi connectivity index (χ4v) is 2.32. The Morgan fingerprint density at radius 1 is 0.929 bits per heavy atom. The van der Waals surface area contributed by atoms with E-state index in [1.165, 1.54) is 0 Å². The summed E-state index contributed by atoms with van der Waals surface area (Å²) in [6.07, 6.45) is 0. The molecular formula is C20H21N3O5. The summed E-state index contributed by atoms with van der Waals surface area (Å²) < 4.78 is 4.99. The van der Waals surface area contributed by atoms with Gasteiger partial charge >= 0.3 is 12.0 Å². The molecule has 0 saturated carbocycles. The van der Waals surface area contributed by atoms with Crippen molar-refractivity contribution in [3.05, 3.63) is 71.8 Å². The second-order valence-electron chi connectivity index (χ2n) is 5.70. The van der Waals surface area contributed by atoms with Crippen LogP contribution in [0.3, 0.4) is 0 Å². The Hall–Kier alpha value is -3.68. The molecule has 2 aromatic carbocycles. The lowest BCUT2D eigenvalue weighted by Gasteiger charge is -2.18. The maximum atomic E-state index is 12.5. The van der Waals surface area contributed by atoms with E-state index in [0.29, 0.717) is 17.7 Å². The molecule has 1 atom stereocenters. The molecule has 0 heterocycles. The molecule has 0 fully saturated rings. The van der Waals surface area contributed by atoms with Gasteiger partial charge in [-0.3, -0.25) is 14.9 Å². The van der Waals surface area contributed by atoms with Crippen molar-refractivity contribution in [3.8, 4) is 0 Å². The van der Waals surface area contributed by atoms with Gasteiger partial charge in [0.1, 0.15) is 0 Å². The number of ether oxygens (including phenoxy) is 1. The highest BCUT2D eigenvalue weighted by molar-refractivity contribution is 5.98. The van der Waals surface area contributed by atoms with Crippen LogP contribution in [0.2, 0.25) is 0 Å². The highest BCUT2D eigenvalue weighted by Gasteiger charge is 2.25. The Morgan fingerprint density at radius 3 is 2.14 bits per heavy atom. The minimum atomic E-state index is -1.11. The Kier molecular flexibility index (Phi) is 7.71. The number of benzene rings is 2. The second-order valence-corrected chi connectivity index (χ2v) is 5.70. The predicted octanol–water partition coefficient (Wildman–Crippen LogP) is 1.55. The third-order valence-corrected chi connectivity index (χ3v) is 3.62. The first-order valence-electron chi connectivity index (χ1n) is 8.66. The van der Waals surface area contributed by atoms with Crippen molar-refractivity contribution < 1.29 is 23.9 Å². The van der Waals surface area contributed by atoms with E-state index in [1.54, 1.807) is 67.6 Å². The van der Waals surface area contributed by atoms with Gasteiger partial charge in [-0.2, -0.15) is 0 Å². The summed E-state index contributed by atoms with van der Waals surface area (Å²) in [5, 5.41) is 7.03. The number of rotatable bonds is 7. The summed E-state index contributed by atoms with van der Waals surface area (Å²) in [4.78, 5) is 48.0. The van der Waals surface area contributed by atoms with Gasteiger partial charge in [0.2, 0.25) is 0 Å². The molecule has 3 N–H and O–H groups in total. The highest BCUT2D eigenvalue weighted by Crippen LogP contribution is 2.15. The van der Waals surface area contributed by atoms with Gasteiger partial charge in [-0.15, -0.1) is 0 Å². The van der Waals surface area contributed by atoms with Gasteiger partial charge in [0, 0.05) is 12.1 Å². The summed E-state index contributed by atoms with van der Waals surface area (Å²) in [7, 11) is 0. The van der Waals surface area contributed by atoms with E-state index in [1.807, 2.05) is 5.32 Å². The molecule has 146 valence electrons. The van der Waals surface area contributed by atoms with Crippen LogP contribution in [0.5, 0.6) is 0 Å². The van der Waals surface area contributed by atoms with Crippen LogP contribution >= 0.6 is 0 Å². The Labute approximate surface area is 162 Å². The summed E-state index contributed by atoms with van der Waals surface area (Å²) in [5.74, 6) is -2.06. The van der Waals surface area contributed by atoms with Crippen molar-refractivity contribution in [1.29, 1.82) is 0 Å². The van der Waals surface area contributed by atoms with Crippen molar-refractivity contribution in [2.45, 2.75) is 13.0 Å². The van der Waals surface area contributed by atoms with Crippen molar-refractivity contribution in [3.63, 3.8) is 0 Å². The van der Waals surface area contributed by atoms with Crippen LogP contribution in [0.25, 0.3) is 0 Å². The predicted molar refractivity (Wildman–Crippen MR) is 101 cm³/mol. The summed E-state index contributed by atoms with van der Waals surface area (Å²) in [6, 6.07) is 15.1. The van der Waals surface area contributed by atoms with Gasteiger partial charge in [0.15, 0.2) is 12.6 Å². The number of imide groups is 1. The first-order chi connectivity index (χ1) is 13.5. The van der Waals surface area contributed by atoms with Crippen LogP contribution in [0.4, 0.5) is 4.79 Å². The molecule has 8 nitrogen and oxygen atoms in total. The van der Waals surface area contributed by atoms with E-state index in [9.17, 15) is 19.2 Å². The summed E-state index contributed by atoms with van der Waals surface area (Å²) in [5.41, 5.74) is 0.881. The topological polar surface area (TPSA) is 114 Å². The van der Waals surface area contributed by atoms with Gasteiger partial charge in [-0.25, -0.2) is 9.59 Å². The van der Waals surface area contributed by atoms with E-state index in [2.05, 4.69) is 10.6 Å². The first-order valence-corrected chi connectivity index (χ1v) is 8.66. The maximum Gasteiger partial charge on any atom is 0.333 e. The molecule has 0 aliphatic rings. The third-order valence-electron chi connectivity index (χ3n) is 3.62. The van der Waals surface area contributed by atoms with Crippen molar-refractivity contribution in [2.75, 3.05) is 13.2 Å². The Balaban J connectivity index is 2.05. The minimum Gasteiger partial charge on any atom is -0.454 e. The molecule has 2 rings (SSSR count). The van der Waals surface area contributed by atoms with Gasteiger partial charge in [-0.1, -0.05) is 48.5 Å². The molecule has 0 bridgehead atoms. The standard InChI is InChI=1S/C20H21N3O5/c1-2-21-20(27)22-16(24)13-28-19(26)17(14-9-5-3-6-10-14)23-18(25)15-11-7-4-8-12-15/h3-12,17H,2,13H2,1H3,(H,23,25)(H2,21,22,24,27). The van der Waals surface area contributed by atoms with Crippen molar-refractivity contribution in [1.82, 2.24) is 16.0 Å². The molecule has 8 heteroatoms. The number of carbonyl (C=O) groups excluding carboxylic acids is 4. The fraction of sp³-hybridized carbons (Fsp3) is 0.200. The lowest BCUT2D eigenvalue weighted by molar-refractivity contribution is -0.150. The quantitative estimate of drug-likeness (QED) is 0.628. The number of esters is 1. The van der Waals surface area contributed by atoms with E-state index >= 15 is 0 Å². The van der Waals surface area contributed by atoms with E-state index in [4.69, 9.17) is 4.74 Å². The summed E-state index contributed by atoms with van der Waals surface area (Å²) >= 11 is 0. The number of urea groups is 1. The van der Waals surface area contributed by atoms with Crippen LogP contribution in [0.15, 0.2) is 60.7 Å². The number of nitrogens with one attached hydrogen (secondary N) is 3. The zero-order valence-corrected chi connectivity index (χ0v) is 15.3. The second kappa shape index (κ2) is 10.5. The lowest BCUT2D eigenvalue weighted by atomic mass is 10.1. The maximum absolute atomic E-state index is 12.5. The number of carbonyl (C=O) groups is 4. The molecule has 28 heavy (non-hydrogen) atoms. The van der Waals surface area contributed by atoms with Crippen LogP contribution in [-0.2, 0) is 14.3 Å². The van der Waals surface area contributed by atoms with Crippen LogP contribution in [0.1, 0.15) is 28.9 Å². The zero-order valence-electron chi connectivity index (χ0n) is 15.3. The van der Waals surface area contributed by atoms with Crippen LogP contribution in [-0.4, -0.2) is 37.0 Å². The molecule has 4 amide bonds. The number of hydrogen-bond donors (Lipinski definition) is 3. The molecule has 0 radical (unpaired) electrons. The van der Waals surface area contributed by atoms with E-state index in [-0.39, 0.29) is 0 Å². The van der Waals surface area contributed by atoms with E-state index < -0.39 is 36.5 Å². The fourth-order valence-electron chi connectivity index (χ4n) is 2.32. The van der Waals surface area contributed by atoms with Crippen LogP contribution < -0.4 is 16.0 Å². The Bertz CT molecular complexity index is 824. The largest absolute Gasteiger partial charge is 0.454 e. The van der Waals surface area contributed by atoms with Crippen molar-refractivity contribution >= 4 is 23.8 Å². The molecule has 0 aromatic heterocycles. The van der Waals surface area contributed by atoms with Gasteiger partial charge in [0.05, 0.1) is 0 Å². The monoisotopic (exact) mass is 383 g/mol. The number of amides is 4. The molecular weight excluding hydrogens is 362 g/mol. The van der Waals surface area contributed by atoms with Gasteiger partial charge in [-0.05, 0) is 24.6 Å². The average Bonchev–Trinajstić information content (AvgIpc) is 2.71. The van der Waals surface area contributed by atoms with E-state index in [0.717, 1.165) is 0 Å². The highest BCUT2D eigenvalue weighted by atomic mass is 16.5. The molecule has 0 spiro atoms. The van der Waals surface area contributed by atoms with Crippen molar-refractivity contribution in [2.24, 2.45) is 0 Å². The minimum absolute atomic E-state index is 0.348. The zero-order chi connectivity index (χ0) is 20.4. The normalized spacial score (nSPS) is 11.0. The molecule has 0 aliphatic heterocycles. The van der Waals surface area contributed by atoms with Gasteiger partial charge < -0.3 is 15.4 Å². The van der Waals surface area contributed by atoms with Gasteiger partial charge in [0.25, 0.3) is 11.8 Å². The third kappa shape index (κ3) is 6.24.